The summed E-state index contributed by atoms with van der Waals surface area (Å²) in [5.74, 6) is -1.00. The van der Waals surface area contributed by atoms with Gasteiger partial charge in [-0.1, -0.05) is 36.8 Å². The largest absolute Gasteiger partial charge is 0.479 e. The lowest BCUT2D eigenvalue weighted by Gasteiger charge is -2.40. The van der Waals surface area contributed by atoms with Crippen LogP contribution in [0.1, 0.15) is 43.6 Å². The summed E-state index contributed by atoms with van der Waals surface area (Å²) in [6.45, 7) is 0.303. The number of aliphatic carboxylic acids is 1. The van der Waals surface area contributed by atoms with Gasteiger partial charge in [0.25, 0.3) is 0 Å². The second kappa shape index (κ2) is 6.86. The molecule has 2 unspecified atom stereocenters. The average molecular weight is 278 g/mol. The van der Waals surface area contributed by atoms with Crippen LogP contribution in [0.15, 0.2) is 30.3 Å². The molecule has 4 heteroatoms. The van der Waals surface area contributed by atoms with Crippen LogP contribution in [0.2, 0.25) is 0 Å². The molecule has 0 saturated heterocycles. The van der Waals surface area contributed by atoms with Crippen LogP contribution >= 0.6 is 0 Å². The van der Waals surface area contributed by atoms with Gasteiger partial charge in [0.05, 0.1) is 6.61 Å². The number of aliphatic hydroxyl groups is 1. The molecule has 110 valence electrons. The first-order valence-electron chi connectivity index (χ1n) is 7.24. The summed E-state index contributed by atoms with van der Waals surface area (Å²) in [5, 5.41) is 18.6. The van der Waals surface area contributed by atoms with Gasteiger partial charge in [0, 0.05) is 12.5 Å². The third kappa shape index (κ3) is 3.02. The molecule has 0 spiro atoms. The van der Waals surface area contributed by atoms with Crippen LogP contribution in [0.5, 0.6) is 0 Å². The molecule has 20 heavy (non-hydrogen) atoms. The standard InChI is InChI=1S/C16H22O4/c17-11-6-12-20-16(15(18)19)10-5-4-9-14(16)13-7-2-1-3-8-13/h1-3,7-8,14,17H,4-6,9-12H2,(H,18,19). The van der Waals surface area contributed by atoms with Crippen molar-refractivity contribution in [3.63, 3.8) is 0 Å². The first-order chi connectivity index (χ1) is 9.70. The van der Waals surface area contributed by atoms with E-state index in [0.29, 0.717) is 12.8 Å². The van der Waals surface area contributed by atoms with E-state index in [-0.39, 0.29) is 19.1 Å². The predicted molar refractivity (Wildman–Crippen MR) is 75.7 cm³/mol. The maximum absolute atomic E-state index is 11.9. The van der Waals surface area contributed by atoms with Gasteiger partial charge in [-0.05, 0) is 31.2 Å². The fourth-order valence-corrected chi connectivity index (χ4v) is 3.07. The fraction of sp³-hybridized carbons (Fsp3) is 0.562. The van der Waals surface area contributed by atoms with E-state index >= 15 is 0 Å². The number of aliphatic hydroxyl groups excluding tert-OH is 1. The van der Waals surface area contributed by atoms with Gasteiger partial charge in [-0.2, -0.15) is 0 Å². The van der Waals surface area contributed by atoms with Crippen LogP contribution in [0.4, 0.5) is 0 Å². The molecule has 1 aromatic carbocycles. The summed E-state index contributed by atoms with van der Waals surface area (Å²) in [5.41, 5.74) is -0.118. The number of hydrogen-bond acceptors (Lipinski definition) is 3. The maximum atomic E-state index is 11.9. The van der Waals surface area contributed by atoms with E-state index in [9.17, 15) is 9.90 Å². The first kappa shape index (κ1) is 15.0. The molecule has 0 amide bonds. The zero-order chi connectivity index (χ0) is 14.4. The Morgan fingerprint density at radius 1 is 1.30 bits per heavy atom. The van der Waals surface area contributed by atoms with E-state index in [1.165, 1.54) is 0 Å². The number of rotatable bonds is 6. The molecule has 0 heterocycles. The third-order valence-corrected chi connectivity index (χ3v) is 4.08. The number of ether oxygens (including phenoxy) is 1. The van der Waals surface area contributed by atoms with E-state index in [4.69, 9.17) is 9.84 Å². The van der Waals surface area contributed by atoms with Gasteiger partial charge in [0.15, 0.2) is 5.60 Å². The maximum Gasteiger partial charge on any atom is 0.336 e. The van der Waals surface area contributed by atoms with Gasteiger partial charge in [-0.3, -0.25) is 0 Å². The highest BCUT2D eigenvalue weighted by molar-refractivity contribution is 5.79. The minimum atomic E-state index is -1.14. The zero-order valence-electron chi connectivity index (χ0n) is 11.6. The van der Waals surface area contributed by atoms with E-state index in [1.54, 1.807) is 0 Å². The molecule has 2 atom stereocenters. The Morgan fingerprint density at radius 3 is 2.70 bits per heavy atom. The minimum Gasteiger partial charge on any atom is -0.479 e. The lowest BCUT2D eigenvalue weighted by Crippen LogP contribution is -2.49. The van der Waals surface area contributed by atoms with Crippen molar-refractivity contribution in [1.29, 1.82) is 0 Å². The molecule has 1 fully saturated rings. The van der Waals surface area contributed by atoms with Crippen molar-refractivity contribution in [2.24, 2.45) is 0 Å². The van der Waals surface area contributed by atoms with Gasteiger partial charge in [-0.15, -0.1) is 0 Å². The van der Waals surface area contributed by atoms with Crippen molar-refractivity contribution in [1.82, 2.24) is 0 Å². The molecule has 0 radical (unpaired) electrons. The van der Waals surface area contributed by atoms with Crippen LogP contribution in [0.3, 0.4) is 0 Å². The van der Waals surface area contributed by atoms with E-state index in [2.05, 4.69) is 0 Å². The highest BCUT2D eigenvalue weighted by Crippen LogP contribution is 2.43. The summed E-state index contributed by atoms with van der Waals surface area (Å²) < 4.78 is 5.78. The van der Waals surface area contributed by atoms with Gasteiger partial charge in [0.1, 0.15) is 0 Å². The second-order valence-corrected chi connectivity index (χ2v) is 5.33. The molecule has 1 saturated carbocycles. The van der Waals surface area contributed by atoms with Crippen LogP contribution in [-0.4, -0.2) is 35.0 Å². The van der Waals surface area contributed by atoms with Crippen LogP contribution < -0.4 is 0 Å². The SMILES string of the molecule is O=C(O)C1(OCCCO)CCCCC1c1ccccc1. The van der Waals surface area contributed by atoms with E-state index in [0.717, 1.165) is 24.8 Å². The highest BCUT2D eigenvalue weighted by atomic mass is 16.5. The van der Waals surface area contributed by atoms with Crippen molar-refractivity contribution >= 4 is 5.97 Å². The molecular formula is C16H22O4. The summed E-state index contributed by atoms with van der Waals surface area (Å²) >= 11 is 0. The molecule has 2 N–H and O–H groups in total. The van der Waals surface area contributed by atoms with Crippen molar-refractivity contribution in [2.45, 2.75) is 43.6 Å². The Morgan fingerprint density at radius 2 is 2.05 bits per heavy atom. The quantitative estimate of drug-likeness (QED) is 0.785. The Balaban J connectivity index is 2.27. The molecule has 2 rings (SSSR count). The number of carbonyl (C=O) groups is 1. The summed E-state index contributed by atoms with van der Waals surface area (Å²) in [7, 11) is 0. The molecular weight excluding hydrogens is 256 g/mol. The van der Waals surface area contributed by atoms with Crippen LogP contribution in [0.25, 0.3) is 0 Å². The monoisotopic (exact) mass is 278 g/mol. The van der Waals surface area contributed by atoms with Crippen molar-refractivity contribution < 1.29 is 19.7 Å². The Kier molecular flexibility index (Phi) is 5.15. The topological polar surface area (TPSA) is 66.8 Å². The van der Waals surface area contributed by atoms with Crippen molar-refractivity contribution in [3.05, 3.63) is 35.9 Å². The Labute approximate surface area is 119 Å². The fourth-order valence-electron chi connectivity index (χ4n) is 3.07. The molecule has 1 aliphatic carbocycles. The van der Waals surface area contributed by atoms with Gasteiger partial charge in [-0.25, -0.2) is 4.79 Å². The number of benzene rings is 1. The first-order valence-corrected chi connectivity index (χ1v) is 7.24. The zero-order valence-corrected chi connectivity index (χ0v) is 11.6. The number of carboxylic acids is 1. The molecule has 4 nitrogen and oxygen atoms in total. The third-order valence-electron chi connectivity index (χ3n) is 4.08. The molecule has 0 bridgehead atoms. The predicted octanol–water partition coefficient (Wildman–Crippen LogP) is 2.57. The average Bonchev–Trinajstić information content (AvgIpc) is 2.48. The highest BCUT2D eigenvalue weighted by Gasteiger charge is 2.49. The molecule has 0 aromatic heterocycles. The molecule has 1 aromatic rings. The Hall–Kier alpha value is -1.39. The van der Waals surface area contributed by atoms with Crippen molar-refractivity contribution in [3.8, 4) is 0 Å². The minimum absolute atomic E-state index is 0.0195. The lowest BCUT2D eigenvalue weighted by atomic mass is 9.71. The number of hydrogen-bond donors (Lipinski definition) is 2. The Bertz CT molecular complexity index is 431. The van der Waals surface area contributed by atoms with Gasteiger partial charge >= 0.3 is 5.97 Å². The van der Waals surface area contributed by atoms with E-state index < -0.39 is 11.6 Å². The van der Waals surface area contributed by atoms with Gasteiger partial charge < -0.3 is 14.9 Å². The molecule has 0 aliphatic heterocycles. The normalized spacial score (nSPS) is 26.4. The lowest BCUT2D eigenvalue weighted by molar-refractivity contribution is -0.175. The summed E-state index contributed by atoms with van der Waals surface area (Å²) in [6, 6.07) is 9.75. The van der Waals surface area contributed by atoms with Crippen LogP contribution in [0, 0.1) is 0 Å². The smallest absolute Gasteiger partial charge is 0.336 e. The van der Waals surface area contributed by atoms with Crippen LogP contribution in [-0.2, 0) is 9.53 Å². The summed E-state index contributed by atoms with van der Waals surface area (Å²) in [4.78, 5) is 11.9. The van der Waals surface area contributed by atoms with Gasteiger partial charge in [0.2, 0.25) is 0 Å². The van der Waals surface area contributed by atoms with E-state index in [1.807, 2.05) is 30.3 Å². The summed E-state index contributed by atoms with van der Waals surface area (Å²) in [6.07, 6.45) is 3.73. The molecule has 1 aliphatic rings. The van der Waals surface area contributed by atoms with Crippen molar-refractivity contribution in [2.75, 3.05) is 13.2 Å². The second-order valence-electron chi connectivity index (χ2n) is 5.33. The number of carboxylic acid groups (broad SMARTS) is 1.